The number of benzene rings is 1. The molecule has 1 aromatic carbocycles. The molecule has 0 aliphatic carbocycles. The van der Waals surface area contributed by atoms with E-state index in [0.717, 1.165) is 24.3 Å². The number of nitrogens with zero attached hydrogens (tertiary/aromatic N) is 1. The van der Waals surface area contributed by atoms with Gasteiger partial charge in [0, 0.05) is 26.1 Å². The highest BCUT2D eigenvalue weighted by Crippen LogP contribution is 2.29. The zero-order valence-electron chi connectivity index (χ0n) is 13.9. The molecule has 25 heavy (non-hydrogen) atoms. The summed E-state index contributed by atoms with van der Waals surface area (Å²) in [6.07, 6.45) is 1.02. The lowest BCUT2D eigenvalue weighted by atomic mass is 9.82. The van der Waals surface area contributed by atoms with Crippen molar-refractivity contribution in [2.45, 2.75) is 31.1 Å². The van der Waals surface area contributed by atoms with Crippen molar-refractivity contribution in [2.75, 3.05) is 19.6 Å². The highest BCUT2D eigenvalue weighted by atomic mass is 32.2. The van der Waals surface area contributed by atoms with E-state index in [9.17, 15) is 27.5 Å². The molecule has 0 spiro atoms. The van der Waals surface area contributed by atoms with E-state index in [1.54, 1.807) is 6.92 Å². The Morgan fingerprint density at radius 3 is 2.56 bits per heavy atom. The summed E-state index contributed by atoms with van der Waals surface area (Å²) in [5.41, 5.74) is -0.971. The van der Waals surface area contributed by atoms with Crippen LogP contribution in [0.4, 0.5) is 4.39 Å². The normalized spacial score (nSPS) is 21.1. The van der Waals surface area contributed by atoms with E-state index in [2.05, 4.69) is 4.72 Å². The molecule has 1 fully saturated rings. The quantitative estimate of drug-likeness (QED) is 0.781. The van der Waals surface area contributed by atoms with Crippen molar-refractivity contribution in [3.8, 4) is 0 Å². The third kappa shape index (κ3) is 4.76. The predicted octanol–water partition coefficient (Wildman–Crippen LogP) is 1.21. The minimum absolute atomic E-state index is 0.0733. The van der Waals surface area contributed by atoms with Crippen LogP contribution in [0.1, 0.15) is 26.2 Å². The van der Waals surface area contributed by atoms with Crippen LogP contribution >= 0.6 is 0 Å². The van der Waals surface area contributed by atoms with Crippen molar-refractivity contribution in [2.24, 2.45) is 5.41 Å². The summed E-state index contributed by atoms with van der Waals surface area (Å²) in [6.45, 7) is 2.07. The van der Waals surface area contributed by atoms with Gasteiger partial charge in [0.05, 0.1) is 10.3 Å². The highest BCUT2D eigenvalue weighted by Gasteiger charge is 2.39. The van der Waals surface area contributed by atoms with Gasteiger partial charge in [0.2, 0.25) is 15.9 Å². The molecule has 1 amide bonds. The van der Waals surface area contributed by atoms with Crippen molar-refractivity contribution in [1.29, 1.82) is 0 Å². The summed E-state index contributed by atoms with van der Waals surface area (Å²) in [7, 11) is -3.82. The fourth-order valence-electron chi connectivity index (χ4n) is 2.77. The van der Waals surface area contributed by atoms with Crippen molar-refractivity contribution >= 4 is 21.9 Å². The smallest absolute Gasteiger partial charge is 0.311 e. The Morgan fingerprint density at radius 1 is 1.32 bits per heavy atom. The number of nitrogens with one attached hydrogen (secondary N) is 1. The number of carboxylic acid groups (broad SMARTS) is 1. The van der Waals surface area contributed by atoms with Crippen molar-refractivity contribution in [3.63, 3.8) is 0 Å². The second-order valence-corrected chi connectivity index (χ2v) is 8.15. The topological polar surface area (TPSA) is 104 Å². The molecule has 0 aromatic heterocycles. The number of carboxylic acids is 1. The van der Waals surface area contributed by atoms with E-state index < -0.39 is 27.2 Å². The van der Waals surface area contributed by atoms with Gasteiger partial charge in [-0.2, -0.15) is 0 Å². The molecule has 1 aliphatic heterocycles. The van der Waals surface area contributed by atoms with E-state index in [-0.39, 0.29) is 30.3 Å². The highest BCUT2D eigenvalue weighted by molar-refractivity contribution is 7.89. The number of piperidine rings is 1. The molecule has 7 nitrogen and oxygen atoms in total. The summed E-state index contributed by atoms with van der Waals surface area (Å²) in [5, 5.41) is 9.27. The first kappa shape index (κ1) is 19.3. The molecule has 1 unspecified atom stereocenters. The van der Waals surface area contributed by atoms with Crippen LogP contribution in [0.5, 0.6) is 0 Å². The van der Waals surface area contributed by atoms with Crippen LogP contribution in [0, 0.1) is 11.2 Å². The molecule has 2 rings (SSSR count). The van der Waals surface area contributed by atoms with Gasteiger partial charge in [0.1, 0.15) is 5.82 Å². The van der Waals surface area contributed by atoms with Gasteiger partial charge in [0.15, 0.2) is 0 Å². The fourth-order valence-corrected chi connectivity index (χ4v) is 3.81. The van der Waals surface area contributed by atoms with Crippen molar-refractivity contribution in [1.82, 2.24) is 9.62 Å². The molecule has 1 aromatic rings. The predicted molar refractivity (Wildman–Crippen MR) is 87.8 cm³/mol. The average molecular weight is 372 g/mol. The lowest BCUT2D eigenvalue weighted by Crippen LogP contribution is -2.48. The summed E-state index contributed by atoms with van der Waals surface area (Å²) >= 11 is 0. The third-order valence-electron chi connectivity index (χ3n) is 4.32. The van der Waals surface area contributed by atoms with Crippen LogP contribution in [0.2, 0.25) is 0 Å². The molecule has 0 radical (unpaired) electrons. The number of sulfonamides is 1. The number of carbonyl (C=O) groups is 2. The first-order valence-corrected chi connectivity index (χ1v) is 9.39. The number of likely N-dealkylation sites (tertiary alicyclic amines) is 1. The average Bonchev–Trinajstić information content (AvgIpc) is 2.55. The molecule has 2 N–H and O–H groups in total. The molecule has 9 heteroatoms. The summed E-state index contributed by atoms with van der Waals surface area (Å²) in [6, 6.07) is 4.37. The molecule has 1 aliphatic rings. The van der Waals surface area contributed by atoms with Gasteiger partial charge >= 0.3 is 5.97 Å². The maximum absolute atomic E-state index is 12.9. The van der Waals surface area contributed by atoms with E-state index in [1.165, 1.54) is 4.90 Å². The fraction of sp³-hybridized carbons (Fsp3) is 0.500. The zero-order valence-corrected chi connectivity index (χ0v) is 14.7. The molecule has 138 valence electrons. The standard InChI is InChI=1S/C16H21FN2O5S/c1-16(15(21)22)8-2-10-19(11-16)14(20)7-9-18-25(23,24)13-5-3-12(17)4-6-13/h3-6,18H,2,7-11H2,1H3,(H,21,22). The third-order valence-corrected chi connectivity index (χ3v) is 5.80. The van der Waals surface area contributed by atoms with Crippen LogP contribution in [-0.2, 0) is 19.6 Å². The number of halogens is 1. The van der Waals surface area contributed by atoms with Gasteiger partial charge in [-0.05, 0) is 44.0 Å². The molecule has 0 saturated carbocycles. The Hall–Kier alpha value is -2.00. The second kappa shape index (κ2) is 7.49. The van der Waals surface area contributed by atoms with Gasteiger partial charge in [-0.15, -0.1) is 0 Å². The van der Waals surface area contributed by atoms with Crippen molar-refractivity contribution in [3.05, 3.63) is 30.1 Å². The Kier molecular flexibility index (Phi) is 5.79. The summed E-state index contributed by atoms with van der Waals surface area (Å²) < 4.78 is 39.3. The van der Waals surface area contributed by atoms with Crippen LogP contribution < -0.4 is 4.72 Å². The van der Waals surface area contributed by atoms with Gasteiger partial charge in [-0.1, -0.05) is 0 Å². The maximum atomic E-state index is 12.9. The number of amides is 1. The number of hydrogen-bond acceptors (Lipinski definition) is 4. The van der Waals surface area contributed by atoms with E-state index in [0.29, 0.717) is 19.4 Å². The molecule has 0 bridgehead atoms. The van der Waals surface area contributed by atoms with E-state index in [4.69, 9.17) is 0 Å². The van der Waals surface area contributed by atoms with Crippen LogP contribution in [0.25, 0.3) is 0 Å². The maximum Gasteiger partial charge on any atom is 0.311 e. The van der Waals surface area contributed by atoms with Gasteiger partial charge in [-0.25, -0.2) is 17.5 Å². The van der Waals surface area contributed by atoms with E-state index in [1.807, 2.05) is 0 Å². The number of hydrogen-bond donors (Lipinski definition) is 2. The Labute approximate surface area is 145 Å². The molecule has 1 saturated heterocycles. The lowest BCUT2D eigenvalue weighted by Gasteiger charge is -2.37. The minimum Gasteiger partial charge on any atom is -0.481 e. The van der Waals surface area contributed by atoms with Gasteiger partial charge in [0.25, 0.3) is 0 Å². The van der Waals surface area contributed by atoms with E-state index >= 15 is 0 Å². The largest absolute Gasteiger partial charge is 0.481 e. The van der Waals surface area contributed by atoms with Crippen LogP contribution in [-0.4, -0.2) is 49.9 Å². The molecular weight excluding hydrogens is 351 g/mol. The monoisotopic (exact) mass is 372 g/mol. The Bertz CT molecular complexity index is 750. The summed E-state index contributed by atoms with van der Waals surface area (Å²) in [4.78, 5) is 24.9. The number of aliphatic carboxylic acids is 1. The molecular formula is C16H21FN2O5S. The Balaban J connectivity index is 1.89. The van der Waals surface area contributed by atoms with Crippen molar-refractivity contribution < 1.29 is 27.5 Å². The first-order valence-electron chi connectivity index (χ1n) is 7.90. The molecule has 1 heterocycles. The minimum atomic E-state index is -3.82. The Morgan fingerprint density at radius 2 is 1.96 bits per heavy atom. The first-order chi connectivity index (χ1) is 11.6. The summed E-state index contributed by atoms with van der Waals surface area (Å²) in [5.74, 6) is -1.78. The number of carbonyl (C=O) groups excluding carboxylic acids is 1. The number of rotatable bonds is 6. The second-order valence-electron chi connectivity index (χ2n) is 6.39. The van der Waals surface area contributed by atoms with Crippen LogP contribution in [0.15, 0.2) is 29.2 Å². The SMILES string of the molecule is CC1(C(=O)O)CCCN(C(=O)CCNS(=O)(=O)c2ccc(F)cc2)C1. The molecule has 1 atom stereocenters. The zero-order chi connectivity index (χ0) is 18.7. The van der Waals surface area contributed by atoms with Gasteiger partial charge in [-0.3, -0.25) is 9.59 Å². The van der Waals surface area contributed by atoms with Gasteiger partial charge < -0.3 is 10.0 Å². The van der Waals surface area contributed by atoms with Crippen LogP contribution in [0.3, 0.4) is 0 Å². The lowest BCUT2D eigenvalue weighted by molar-refractivity contribution is -0.153.